The monoisotopic (exact) mass is 112 g/mol. The molecule has 3 heteroatoms. The van der Waals surface area contributed by atoms with Gasteiger partial charge in [0.15, 0.2) is 0 Å². The predicted molar refractivity (Wildman–Crippen MR) is 27.9 cm³/mol. The highest BCUT2D eigenvalue weighted by Crippen LogP contribution is 2.23. The summed E-state index contributed by atoms with van der Waals surface area (Å²) >= 11 is 0. The summed E-state index contributed by atoms with van der Waals surface area (Å²) in [4.78, 5) is 0. The molecule has 1 heterocycles. The summed E-state index contributed by atoms with van der Waals surface area (Å²) in [7, 11) is 0. The zero-order chi connectivity index (χ0) is 6.04. The van der Waals surface area contributed by atoms with Crippen LogP contribution in [0.3, 0.4) is 0 Å². The fourth-order valence-corrected chi connectivity index (χ4v) is 0.577. The molecule has 0 amide bonds. The zero-order valence-corrected chi connectivity index (χ0v) is 4.55. The third kappa shape index (κ3) is 0.585. The number of ether oxygens (including phenoxy) is 1. The zero-order valence-electron chi connectivity index (χ0n) is 4.55. The highest BCUT2D eigenvalue weighted by Gasteiger charge is 2.37. The molecule has 2 N–H and O–H groups in total. The molecule has 44 valence electrons. The van der Waals surface area contributed by atoms with Crippen LogP contribution < -0.4 is 5.73 Å². The van der Waals surface area contributed by atoms with Crippen LogP contribution in [0.25, 0.3) is 0 Å². The van der Waals surface area contributed by atoms with Gasteiger partial charge in [-0.25, -0.2) is 0 Å². The molecule has 1 aliphatic rings. The van der Waals surface area contributed by atoms with Crippen LogP contribution >= 0.6 is 0 Å². The highest BCUT2D eigenvalue weighted by atomic mass is 16.5. The van der Waals surface area contributed by atoms with E-state index in [0.717, 1.165) is 0 Å². The summed E-state index contributed by atoms with van der Waals surface area (Å²) in [6.45, 7) is 1.45. The van der Waals surface area contributed by atoms with E-state index in [9.17, 15) is 0 Å². The van der Waals surface area contributed by atoms with E-state index in [2.05, 4.69) is 6.07 Å². The number of hydrogen-bond acceptors (Lipinski definition) is 3. The molecule has 1 aliphatic heterocycles. The van der Waals surface area contributed by atoms with Gasteiger partial charge >= 0.3 is 0 Å². The number of hydrogen-bond donors (Lipinski definition) is 1. The summed E-state index contributed by atoms with van der Waals surface area (Å²) in [6, 6.07) is 2.11. The van der Waals surface area contributed by atoms with E-state index in [1.807, 2.05) is 0 Å². The fourth-order valence-electron chi connectivity index (χ4n) is 0.577. The first-order valence-electron chi connectivity index (χ1n) is 2.52. The molecule has 0 aromatic carbocycles. The van der Waals surface area contributed by atoms with Crippen LogP contribution in [0, 0.1) is 16.7 Å². The SMILES string of the molecule is N#CC1(CN)COC1. The number of nitrogens with zero attached hydrogens (tertiary/aromatic N) is 1. The van der Waals surface area contributed by atoms with Gasteiger partial charge in [0.1, 0.15) is 5.41 Å². The van der Waals surface area contributed by atoms with Crippen molar-refractivity contribution in [3.63, 3.8) is 0 Å². The first-order chi connectivity index (χ1) is 3.83. The number of rotatable bonds is 1. The first kappa shape index (κ1) is 5.54. The van der Waals surface area contributed by atoms with Crippen LogP contribution in [0.15, 0.2) is 0 Å². The summed E-state index contributed by atoms with van der Waals surface area (Å²) < 4.78 is 4.82. The minimum absolute atomic E-state index is 0.333. The van der Waals surface area contributed by atoms with Crippen molar-refractivity contribution in [3.05, 3.63) is 0 Å². The number of nitrogens with two attached hydrogens (primary N) is 1. The first-order valence-corrected chi connectivity index (χ1v) is 2.52. The lowest BCUT2D eigenvalue weighted by molar-refractivity contribution is -0.0712. The van der Waals surface area contributed by atoms with Crippen LogP contribution in [0.2, 0.25) is 0 Å². The van der Waals surface area contributed by atoms with E-state index in [0.29, 0.717) is 19.8 Å². The van der Waals surface area contributed by atoms with Crippen molar-refractivity contribution in [2.75, 3.05) is 19.8 Å². The van der Waals surface area contributed by atoms with Gasteiger partial charge in [0.2, 0.25) is 0 Å². The topological polar surface area (TPSA) is 59.0 Å². The summed E-state index contributed by atoms with van der Waals surface area (Å²) in [5.74, 6) is 0. The van der Waals surface area contributed by atoms with E-state index in [-0.39, 0.29) is 5.41 Å². The molecule has 1 saturated heterocycles. The van der Waals surface area contributed by atoms with Crippen LogP contribution in [-0.4, -0.2) is 19.8 Å². The second kappa shape index (κ2) is 1.73. The van der Waals surface area contributed by atoms with Gasteiger partial charge in [0.05, 0.1) is 19.3 Å². The lowest BCUT2D eigenvalue weighted by Crippen LogP contribution is -2.46. The second-order valence-electron chi connectivity index (χ2n) is 2.09. The van der Waals surface area contributed by atoms with Gasteiger partial charge in [-0.15, -0.1) is 0 Å². The molecule has 8 heavy (non-hydrogen) atoms. The standard InChI is InChI=1S/C5H8N2O/c6-1-5(2-7)3-8-4-5/h1,3-4,6H2. The van der Waals surface area contributed by atoms with E-state index >= 15 is 0 Å². The third-order valence-corrected chi connectivity index (χ3v) is 1.38. The Morgan fingerprint density at radius 3 is 2.38 bits per heavy atom. The van der Waals surface area contributed by atoms with Gasteiger partial charge in [-0.05, 0) is 0 Å². The molecule has 0 unspecified atom stereocenters. The van der Waals surface area contributed by atoms with Gasteiger partial charge in [-0.1, -0.05) is 0 Å². The Bertz CT molecular complexity index is 117. The lowest BCUT2D eigenvalue weighted by atomic mass is 9.88. The Labute approximate surface area is 48.0 Å². The Morgan fingerprint density at radius 1 is 1.75 bits per heavy atom. The average molecular weight is 112 g/mol. The molecule has 0 spiro atoms. The van der Waals surface area contributed by atoms with Gasteiger partial charge in [-0.2, -0.15) is 5.26 Å². The fraction of sp³-hybridized carbons (Fsp3) is 0.800. The molecule has 3 nitrogen and oxygen atoms in total. The molecular formula is C5H8N2O. The van der Waals surface area contributed by atoms with Gasteiger partial charge in [0.25, 0.3) is 0 Å². The van der Waals surface area contributed by atoms with Gasteiger partial charge in [-0.3, -0.25) is 0 Å². The maximum atomic E-state index is 8.43. The van der Waals surface area contributed by atoms with Crippen LogP contribution in [-0.2, 0) is 4.74 Å². The maximum absolute atomic E-state index is 8.43. The molecule has 0 aromatic heterocycles. The van der Waals surface area contributed by atoms with Gasteiger partial charge < -0.3 is 10.5 Å². The van der Waals surface area contributed by atoms with Crippen LogP contribution in [0.1, 0.15) is 0 Å². The van der Waals surface area contributed by atoms with Crippen LogP contribution in [0.5, 0.6) is 0 Å². The van der Waals surface area contributed by atoms with Gasteiger partial charge in [0, 0.05) is 6.54 Å². The van der Waals surface area contributed by atoms with Crippen molar-refractivity contribution in [2.24, 2.45) is 11.1 Å². The molecule has 0 bridgehead atoms. The second-order valence-corrected chi connectivity index (χ2v) is 2.09. The van der Waals surface area contributed by atoms with Crippen molar-refractivity contribution in [2.45, 2.75) is 0 Å². The maximum Gasteiger partial charge on any atom is 0.116 e. The number of nitriles is 1. The molecule has 1 fully saturated rings. The summed E-state index contributed by atoms with van der Waals surface area (Å²) in [6.07, 6.45) is 0. The van der Waals surface area contributed by atoms with Crippen molar-refractivity contribution < 1.29 is 4.74 Å². The van der Waals surface area contributed by atoms with Crippen molar-refractivity contribution >= 4 is 0 Å². The van der Waals surface area contributed by atoms with Crippen LogP contribution in [0.4, 0.5) is 0 Å². The molecule has 0 saturated carbocycles. The van der Waals surface area contributed by atoms with E-state index in [4.69, 9.17) is 15.7 Å². The smallest absolute Gasteiger partial charge is 0.116 e. The third-order valence-electron chi connectivity index (χ3n) is 1.38. The van der Waals surface area contributed by atoms with Crippen molar-refractivity contribution in [1.82, 2.24) is 0 Å². The average Bonchev–Trinajstić information content (AvgIpc) is 1.67. The molecular weight excluding hydrogens is 104 g/mol. The quantitative estimate of drug-likeness (QED) is 0.496. The molecule has 0 atom stereocenters. The van der Waals surface area contributed by atoms with E-state index in [1.165, 1.54) is 0 Å². The Balaban J connectivity index is 2.49. The largest absolute Gasteiger partial charge is 0.378 e. The Morgan fingerprint density at radius 2 is 2.38 bits per heavy atom. The highest BCUT2D eigenvalue weighted by molar-refractivity contribution is 5.04. The molecule has 0 aromatic rings. The molecule has 0 aliphatic carbocycles. The Hall–Kier alpha value is -0.590. The summed E-state index contributed by atoms with van der Waals surface area (Å²) in [5.41, 5.74) is 4.94. The molecule has 0 radical (unpaired) electrons. The molecule has 1 rings (SSSR count). The predicted octanol–water partition coefficient (Wildman–Crippen LogP) is -0.515. The van der Waals surface area contributed by atoms with E-state index < -0.39 is 0 Å². The van der Waals surface area contributed by atoms with Crippen molar-refractivity contribution in [1.29, 1.82) is 5.26 Å². The summed E-state index contributed by atoms with van der Waals surface area (Å²) in [5, 5.41) is 8.43. The minimum Gasteiger partial charge on any atom is -0.378 e. The van der Waals surface area contributed by atoms with E-state index in [1.54, 1.807) is 0 Å². The van der Waals surface area contributed by atoms with Crippen molar-refractivity contribution in [3.8, 4) is 6.07 Å². The Kier molecular flexibility index (Phi) is 1.20. The minimum atomic E-state index is -0.333. The normalized spacial score (nSPS) is 23.5. The lowest BCUT2D eigenvalue weighted by Gasteiger charge is -2.33.